The third-order valence-corrected chi connectivity index (χ3v) is 5.53. The summed E-state index contributed by atoms with van der Waals surface area (Å²) in [5.41, 5.74) is 1.45. The Morgan fingerprint density at radius 1 is 1.07 bits per heavy atom. The lowest BCUT2D eigenvalue weighted by molar-refractivity contribution is -0.121. The van der Waals surface area contributed by atoms with Gasteiger partial charge >= 0.3 is 0 Å². The van der Waals surface area contributed by atoms with Crippen molar-refractivity contribution < 1.29 is 4.79 Å². The van der Waals surface area contributed by atoms with Crippen LogP contribution in [0.2, 0.25) is 0 Å². The second-order valence-corrected chi connectivity index (χ2v) is 7.71. The Balaban J connectivity index is 1.58. The van der Waals surface area contributed by atoms with Crippen molar-refractivity contribution in [1.82, 2.24) is 5.32 Å². The van der Waals surface area contributed by atoms with Crippen LogP contribution in [0.1, 0.15) is 70.3 Å². The average Bonchev–Trinajstić information content (AvgIpc) is 3.12. The lowest BCUT2D eigenvalue weighted by Crippen LogP contribution is -2.21. The van der Waals surface area contributed by atoms with Crippen LogP contribution in [0.25, 0.3) is 0 Å². The van der Waals surface area contributed by atoms with E-state index in [0.29, 0.717) is 6.42 Å². The zero-order valence-electron chi connectivity index (χ0n) is 17.0. The molecule has 1 fully saturated rings. The molecule has 1 amide bonds. The molecule has 0 heterocycles. The van der Waals surface area contributed by atoms with Gasteiger partial charge in [-0.3, -0.25) is 4.79 Å². The van der Waals surface area contributed by atoms with Crippen molar-refractivity contribution in [3.05, 3.63) is 60.2 Å². The minimum atomic E-state index is 0.180. The van der Waals surface area contributed by atoms with Crippen LogP contribution >= 0.6 is 0 Å². The molecule has 1 saturated carbocycles. The van der Waals surface area contributed by atoms with Crippen LogP contribution in [-0.2, 0) is 11.2 Å². The maximum atomic E-state index is 11.4. The predicted octanol–water partition coefficient (Wildman–Crippen LogP) is 6.23. The molecule has 0 aromatic heterocycles. The molecule has 0 radical (unpaired) electrons. The van der Waals surface area contributed by atoms with Crippen molar-refractivity contribution in [3.63, 3.8) is 0 Å². The maximum Gasteiger partial charge on any atom is 0.219 e. The maximum absolute atomic E-state index is 11.4. The molecule has 1 aliphatic carbocycles. The van der Waals surface area contributed by atoms with E-state index in [2.05, 4.69) is 60.0 Å². The van der Waals surface area contributed by atoms with Gasteiger partial charge in [0.2, 0.25) is 5.91 Å². The highest BCUT2D eigenvalue weighted by Crippen LogP contribution is 2.35. The van der Waals surface area contributed by atoms with E-state index < -0.39 is 0 Å². The first kappa shape index (κ1) is 21.5. The molecule has 0 saturated heterocycles. The van der Waals surface area contributed by atoms with E-state index in [1.807, 2.05) is 6.92 Å². The zero-order chi connectivity index (χ0) is 19.2. The Hall–Kier alpha value is -1.83. The van der Waals surface area contributed by atoms with Gasteiger partial charge in [0.05, 0.1) is 0 Å². The van der Waals surface area contributed by atoms with Crippen LogP contribution < -0.4 is 5.32 Å². The van der Waals surface area contributed by atoms with E-state index in [1.54, 1.807) is 0 Å². The van der Waals surface area contributed by atoms with E-state index in [4.69, 9.17) is 0 Å². The number of benzene rings is 1. The molecule has 0 aliphatic heterocycles. The molecular formula is C25H37NO. The van der Waals surface area contributed by atoms with Crippen LogP contribution in [0.4, 0.5) is 0 Å². The first-order valence-corrected chi connectivity index (χ1v) is 10.9. The molecule has 1 aliphatic rings. The Morgan fingerprint density at radius 3 is 2.70 bits per heavy atom. The molecule has 2 nitrogen and oxygen atoms in total. The van der Waals surface area contributed by atoms with Gasteiger partial charge in [-0.2, -0.15) is 0 Å². The fraction of sp³-hybridized carbons (Fsp3) is 0.560. The number of rotatable bonds is 12. The summed E-state index contributed by atoms with van der Waals surface area (Å²) in [6, 6.07) is 10.8. The van der Waals surface area contributed by atoms with Crippen LogP contribution in [0.15, 0.2) is 54.6 Å². The van der Waals surface area contributed by atoms with Crippen molar-refractivity contribution in [1.29, 1.82) is 0 Å². The summed E-state index contributed by atoms with van der Waals surface area (Å²) >= 11 is 0. The molecule has 0 bridgehead atoms. The van der Waals surface area contributed by atoms with E-state index in [9.17, 15) is 4.79 Å². The van der Waals surface area contributed by atoms with Gasteiger partial charge in [0.15, 0.2) is 0 Å². The number of hydrogen-bond acceptors (Lipinski definition) is 1. The largest absolute Gasteiger partial charge is 0.356 e. The van der Waals surface area contributed by atoms with Gasteiger partial charge in [0.1, 0.15) is 0 Å². The molecule has 1 N–H and O–H groups in total. The first-order valence-electron chi connectivity index (χ1n) is 10.9. The molecule has 2 atom stereocenters. The number of nitrogens with one attached hydrogen (secondary N) is 1. The van der Waals surface area contributed by atoms with E-state index in [1.165, 1.54) is 50.5 Å². The van der Waals surface area contributed by atoms with E-state index in [-0.39, 0.29) is 5.91 Å². The molecule has 1 unspecified atom stereocenters. The summed E-state index contributed by atoms with van der Waals surface area (Å²) in [5, 5.41) is 2.85. The molecule has 2 rings (SSSR count). The molecular weight excluding hydrogens is 330 g/mol. The molecule has 2 heteroatoms. The Bertz CT molecular complexity index is 575. The van der Waals surface area contributed by atoms with Gasteiger partial charge in [-0.25, -0.2) is 0 Å². The van der Waals surface area contributed by atoms with Crippen LogP contribution in [0, 0.1) is 11.8 Å². The number of hydrogen-bond donors (Lipinski definition) is 1. The zero-order valence-corrected chi connectivity index (χ0v) is 17.0. The van der Waals surface area contributed by atoms with Gasteiger partial charge in [-0.15, -0.1) is 0 Å². The Morgan fingerprint density at radius 2 is 1.89 bits per heavy atom. The molecule has 148 valence electrons. The van der Waals surface area contributed by atoms with Crippen molar-refractivity contribution in [2.24, 2.45) is 11.8 Å². The molecule has 27 heavy (non-hydrogen) atoms. The third kappa shape index (κ3) is 9.08. The van der Waals surface area contributed by atoms with E-state index >= 15 is 0 Å². The van der Waals surface area contributed by atoms with Crippen molar-refractivity contribution in [2.75, 3.05) is 6.54 Å². The predicted molar refractivity (Wildman–Crippen MR) is 116 cm³/mol. The van der Waals surface area contributed by atoms with Crippen LogP contribution in [0.5, 0.6) is 0 Å². The van der Waals surface area contributed by atoms with Gasteiger partial charge in [0.25, 0.3) is 0 Å². The third-order valence-electron chi connectivity index (χ3n) is 5.53. The number of carbonyl (C=O) groups is 1. The highest BCUT2D eigenvalue weighted by atomic mass is 16.1. The summed E-state index contributed by atoms with van der Waals surface area (Å²) in [7, 11) is 0. The number of aryl methyl sites for hydroxylation is 1. The summed E-state index contributed by atoms with van der Waals surface area (Å²) in [4.78, 5) is 11.4. The topological polar surface area (TPSA) is 29.1 Å². The first-order chi connectivity index (χ1) is 13.3. The minimum absolute atomic E-state index is 0.180. The SMILES string of the molecule is CCNC(=O)CCC/C=C/C[C@H]1CCCC1/C=C/CCCc1ccccc1. The fourth-order valence-corrected chi connectivity index (χ4v) is 4.01. The second-order valence-electron chi connectivity index (χ2n) is 7.71. The van der Waals surface area contributed by atoms with Gasteiger partial charge in [-0.1, -0.05) is 61.1 Å². The minimum Gasteiger partial charge on any atom is -0.356 e. The lowest BCUT2D eigenvalue weighted by atomic mass is 9.92. The summed E-state index contributed by atoms with van der Waals surface area (Å²) in [5.74, 6) is 1.76. The van der Waals surface area contributed by atoms with Gasteiger partial charge in [0, 0.05) is 13.0 Å². The second kappa shape index (κ2) is 13.4. The van der Waals surface area contributed by atoms with Gasteiger partial charge < -0.3 is 5.32 Å². The van der Waals surface area contributed by atoms with Crippen molar-refractivity contribution in [3.8, 4) is 0 Å². The fourth-order valence-electron chi connectivity index (χ4n) is 4.01. The van der Waals surface area contributed by atoms with Crippen molar-refractivity contribution in [2.45, 2.75) is 71.1 Å². The van der Waals surface area contributed by atoms with Gasteiger partial charge in [-0.05, 0) is 75.7 Å². The van der Waals surface area contributed by atoms with Crippen molar-refractivity contribution >= 4 is 5.91 Å². The quantitative estimate of drug-likeness (QED) is 0.344. The number of unbranched alkanes of at least 4 members (excludes halogenated alkanes) is 2. The Kier molecular flexibility index (Phi) is 10.6. The molecule has 1 aromatic rings. The molecule has 0 spiro atoms. The lowest BCUT2D eigenvalue weighted by Gasteiger charge is -2.14. The monoisotopic (exact) mass is 367 g/mol. The summed E-state index contributed by atoms with van der Waals surface area (Å²) in [6.07, 6.45) is 21.0. The summed E-state index contributed by atoms with van der Waals surface area (Å²) in [6.45, 7) is 2.70. The number of allylic oxidation sites excluding steroid dienone is 4. The smallest absolute Gasteiger partial charge is 0.219 e. The number of carbonyl (C=O) groups excluding carboxylic acids is 1. The van der Waals surface area contributed by atoms with Crippen LogP contribution in [0.3, 0.4) is 0 Å². The standard InChI is InChI=1S/C25H37NO/c1-2-26-25(27)21-12-4-3-10-17-23-19-13-20-24(23)18-11-6-9-16-22-14-7-5-8-15-22/h3,5,7-8,10-11,14-15,18,23-24H,2,4,6,9,12-13,16-17,19-21H2,1H3,(H,26,27)/b10-3+,18-11+/t23-,24?/m0/s1. The normalized spacial score (nSPS) is 19.9. The highest BCUT2D eigenvalue weighted by molar-refractivity contribution is 5.75. The number of amides is 1. The highest BCUT2D eigenvalue weighted by Gasteiger charge is 2.23. The van der Waals surface area contributed by atoms with Crippen LogP contribution in [-0.4, -0.2) is 12.5 Å². The Labute approximate surface area is 166 Å². The molecule has 1 aromatic carbocycles. The van der Waals surface area contributed by atoms with E-state index in [0.717, 1.165) is 31.2 Å². The average molecular weight is 368 g/mol. The summed E-state index contributed by atoms with van der Waals surface area (Å²) < 4.78 is 0.